The van der Waals surface area contributed by atoms with E-state index in [1.165, 1.54) is 24.6 Å². The SMILES string of the molecule is CCCc1ccc(OCc2ccc(C(=O)N3N=C(C)C[C@]3(O)C(F)F)o2)cc1. The van der Waals surface area contributed by atoms with Crippen LogP contribution in [0.25, 0.3) is 0 Å². The molecule has 150 valence electrons. The highest BCUT2D eigenvalue weighted by atomic mass is 19.3. The van der Waals surface area contributed by atoms with E-state index in [9.17, 15) is 18.7 Å². The minimum Gasteiger partial charge on any atom is -0.486 e. The molecule has 1 atom stereocenters. The van der Waals surface area contributed by atoms with Crippen molar-refractivity contribution in [2.45, 2.75) is 51.9 Å². The monoisotopic (exact) mass is 392 g/mol. The second-order valence-electron chi connectivity index (χ2n) is 6.76. The molecule has 0 saturated carbocycles. The number of aryl methyl sites for hydroxylation is 1. The van der Waals surface area contributed by atoms with Gasteiger partial charge in [0.05, 0.1) is 0 Å². The number of nitrogens with zero attached hydrogens (tertiary/aromatic N) is 2. The van der Waals surface area contributed by atoms with Crippen LogP contribution in [0, 0.1) is 0 Å². The molecule has 0 fully saturated rings. The van der Waals surface area contributed by atoms with Crippen molar-refractivity contribution in [1.29, 1.82) is 0 Å². The van der Waals surface area contributed by atoms with Crippen LogP contribution in [0.1, 0.15) is 48.6 Å². The summed E-state index contributed by atoms with van der Waals surface area (Å²) in [6.45, 7) is 3.65. The molecule has 1 aliphatic rings. The summed E-state index contributed by atoms with van der Waals surface area (Å²) in [5.74, 6) is -0.137. The minimum absolute atomic E-state index is 0.0712. The molecule has 0 bridgehead atoms. The van der Waals surface area contributed by atoms with Crippen molar-refractivity contribution in [3.05, 3.63) is 53.5 Å². The summed E-state index contributed by atoms with van der Waals surface area (Å²) in [5, 5.41) is 14.3. The molecular weight excluding hydrogens is 370 g/mol. The quantitative estimate of drug-likeness (QED) is 0.773. The fraction of sp³-hybridized carbons (Fsp3) is 0.400. The molecule has 1 aromatic heterocycles. The first-order chi connectivity index (χ1) is 13.3. The van der Waals surface area contributed by atoms with E-state index in [0.29, 0.717) is 16.5 Å². The van der Waals surface area contributed by atoms with Crippen LogP contribution in [0.4, 0.5) is 8.78 Å². The van der Waals surface area contributed by atoms with Gasteiger partial charge in [0.25, 0.3) is 6.43 Å². The minimum atomic E-state index is -3.16. The molecule has 8 heteroatoms. The zero-order chi connectivity index (χ0) is 20.3. The Hall–Kier alpha value is -2.74. The first-order valence-corrected chi connectivity index (χ1v) is 9.03. The number of benzene rings is 1. The van der Waals surface area contributed by atoms with Gasteiger partial charge in [-0.1, -0.05) is 25.5 Å². The number of halogens is 2. The summed E-state index contributed by atoms with van der Waals surface area (Å²) in [6, 6.07) is 10.5. The molecule has 0 unspecified atom stereocenters. The van der Waals surface area contributed by atoms with Crippen molar-refractivity contribution in [2.75, 3.05) is 0 Å². The normalized spacial score (nSPS) is 19.2. The topological polar surface area (TPSA) is 75.3 Å². The number of furan rings is 1. The summed E-state index contributed by atoms with van der Waals surface area (Å²) in [4.78, 5) is 12.5. The van der Waals surface area contributed by atoms with Crippen LogP contribution in [0.3, 0.4) is 0 Å². The van der Waals surface area contributed by atoms with Crippen LogP contribution in [0.15, 0.2) is 45.9 Å². The molecule has 0 saturated heterocycles. The lowest BCUT2D eigenvalue weighted by atomic mass is 10.1. The Morgan fingerprint density at radius 3 is 2.68 bits per heavy atom. The van der Waals surface area contributed by atoms with Gasteiger partial charge < -0.3 is 14.3 Å². The van der Waals surface area contributed by atoms with E-state index >= 15 is 0 Å². The number of ether oxygens (including phenoxy) is 1. The number of carbonyl (C=O) groups excluding carboxylic acids is 1. The molecule has 1 aromatic carbocycles. The van der Waals surface area contributed by atoms with E-state index in [1.807, 2.05) is 24.3 Å². The summed E-state index contributed by atoms with van der Waals surface area (Å²) in [5.41, 5.74) is -1.21. The van der Waals surface area contributed by atoms with Gasteiger partial charge in [0.15, 0.2) is 5.76 Å². The summed E-state index contributed by atoms with van der Waals surface area (Å²) in [7, 11) is 0. The van der Waals surface area contributed by atoms with Crippen LogP contribution >= 0.6 is 0 Å². The molecule has 2 heterocycles. The second kappa shape index (κ2) is 8.10. The van der Waals surface area contributed by atoms with Crippen molar-refractivity contribution in [3.8, 4) is 5.75 Å². The number of hydrogen-bond acceptors (Lipinski definition) is 5. The van der Waals surface area contributed by atoms with Crippen LogP contribution in [-0.2, 0) is 13.0 Å². The van der Waals surface area contributed by atoms with E-state index in [0.717, 1.165) is 12.8 Å². The average molecular weight is 392 g/mol. The highest BCUT2D eigenvalue weighted by molar-refractivity contribution is 5.95. The Labute approximate surface area is 161 Å². The molecule has 28 heavy (non-hydrogen) atoms. The Bertz CT molecular complexity index is 863. The zero-order valence-electron chi connectivity index (χ0n) is 15.7. The van der Waals surface area contributed by atoms with Gasteiger partial charge in [0.1, 0.15) is 18.1 Å². The van der Waals surface area contributed by atoms with Gasteiger partial charge >= 0.3 is 5.91 Å². The standard InChI is InChI=1S/C20H22F2N2O4/c1-3-4-14-5-7-15(8-6-14)27-12-16-9-10-17(28-16)18(25)24-20(26,19(21)22)11-13(2)23-24/h5-10,19,26H,3-4,11-12H2,1-2H3/t20-/m0/s1. The number of hydrogen-bond donors (Lipinski definition) is 1. The number of carbonyl (C=O) groups is 1. The number of aliphatic hydroxyl groups is 1. The largest absolute Gasteiger partial charge is 0.486 e. The van der Waals surface area contributed by atoms with Crippen LogP contribution < -0.4 is 4.74 Å². The first kappa shape index (κ1) is 20.0. The molecule has 1 amide bonds. The number of rotatable bonds is 7. The third-order valence-corrected chi connectivity index (χ3v) is 4.41. The maximum absolute atomic E-state index is 13.2. The van der Waals surface area contributed by atoms with Crippen LogP contribution in [-0.4, -0.2) is 33.9 Å². The lowest BCUT2D eigenvalue weighted by Gasteiger charge is -2.29. The summed E-state index contributed by atoms with van der Waals surface area (Å²) >= 11 is 0. The van der Waals surface area contributed by atoms with Gasteiger partial charge in [-0.2, -0.15) is 10.1 Å². The second-order valence-corrected chi connectivity index (χ2v) is 6.76. The fourth-order valence-electron chi connectivity index (χ4n) is 3.01. The Kier molecular flexibility index (Phi) is 5.79. The molecule has 1 N–H and O–H groups in total. The van der Waals surface area contributed by atoms with Gasteiger partial charge in [-0.05, 0) is 43.2 Å². The van der Waals surface area contributed by atoms with Gasteiger partial charge in [0.2, 0.25) is 5.72 Å². The molecule has 0 spiro atoms. The van der Waals surface area contributed by atoms with E-state index in [4.69, 9.17) is 9.15 Å². The number of alkyl halides is 2. The van der Waals surface area contributed by atoms with Crippen LogP contribution in [0.2, 0.25) is 0 Å². The summed E-state index contributed by atoms with van der Waals surface area (Å²) in [6.07, 6.45) is -1.52. The Morgan fingerprint density at radius 2 is 2.04 bits per heavy atom. The predicted octanol–water partition coefficient (Wildman–Crippen LogP) is 3.99. The first-order valence-electron chi connectivity index (χ1n) is 9.03. The molecular formula is C20H22F2N2O4. The Balaban J connectivity index is 1.65. The van der Waals surface area contributed by atoms with Crippen LogP contribution in [0.5, 0.6) is 5.75 Å². The van der Waals surface area contributed by atoms with E-state index in [1.54, 1.807) is 0 Å². The smallest absolute Gasteiger partial charge is 0.312 e. The van der Waals surface area contributed by atoms with Gasteiger partial charge in [-0.25, -0.2) is 8.78 Å². The lowest BCUT2D eigenvalue weighted by Crippen LogP contribution is -2.51. The molecule has 0 aliphatic carbocycles. The lowest BCUT2D eigenvalue weighted by molar-refractivity contribution is -0.164. The highest BCUT2D eigenvalue weighted by Gasteiger charge is 2.51. The fourth-order valence-corrected chi connectivity index (χ4v) is 3.01. The molecule has 0 radical (unpaired) electrons. The predicted molar refractivity (Wildman–Crippen MR) is 98.3 cm³/mol. The van der Waals surface area contributed by atoms with Gasteiger partial charge in [0, 0.05) is 12.1 Å². The Morgan fingerprint density at radius 1 is 1.32 bits per heavy atom. The van der Waals surface area contributed by atoms with E-state index in [2.05, 4.69) is 12.0 Å². The van der Waals surface area contributed by atoms with Crippen molar-refractivity contribution in [1.82, 2.24) is 5.01 Å². The molecule has 1 aliphatic heterocycles. The van der Waals surface area contributed by atoms with Crippen molar-refractivity contribution >= 4 is 11.6 Å². The van der Waals surface area contributed by atoms with E-state index < -0.39 is 24.5 Å². The van der Waals surface area contributed by atoms with Gasteiger partial charge in [-0.15, -0.1) is 0 Å². The van der Waals surface area contributed by atoms with Crippen molar-refractivity contribution in [3.63, 3.8) is 0 Å². The number of amides is 1. The molecule has 3 rings (SSSR count). The number of hydrazone groups is 1. The molecule has 6 nitrogen and oxygen atoms in total. The maximum Gasteiger partial charge on any atom is 0.312 e. The van der Waals surface area contributed by atoms with Gasteiger partial charge in [-0.3, -0.25) is 4.79 Å². The third kappa shape index (κ3) is 4.06. The van der Waals surface area contributed by atoms with Crippen molar-refractivity contribution < 1.29 is 27.8 Å². The molecule has 2 aromatic rings. The van der Waals surface area contributed by atoms with Crippen molar-refractivity contribution in [2.24, 2.45) is 5.10 Å². The highest BCUT2D eigenvalue weighted by Crippen LogP contribution is 2.32. The third-order valence-electron chi connectivity index (χ3n) is 4.41. The van der Waals surface area contributed by atoms with E-state index in [-0.39, 0.29) is 18.1 Å². The summed E-state index contributed by atoms with van der Waals surface area (Å²) < 4.78 is 37.5. The zero-order valence-corrected chi connectivity index (χ0v) is 15.7. The average Bonchev–Trinajstić information content (AvgIpc) is 3.26. The maximum atomic E-state index is 13.2.